The molecular formula is C27H39N5O2. The average molecular weight is 466 g/mol. The average Bonchev–Trinajstić information content (AvgIpc) is 2.83. The van der Waals surface area contributed by atoms with Crippen LogP contribution < -0.4 is 16.4 Å². The third-order valence-electron chi connectivity index (χ3n) is 6.43. The zero-order valence-corrected chi connectivity index (χ0v) is 21.0. The Balaban J connectivity index is 1.95. The quantitative estimate of drug-likeness (QED) is 0.271. The van der Waals surface area contributed by atoms with Crippen LogP contribution in [0.2, 0.25) is 0 Å². The second kappa shape index (κ2) is 12.5. The zero-order valence-electron chi connectivity index (χ0n) is 21.0. The van der Waals surface area contributed by atoms with E-state index in [4.69, 9.17) is 10.4 Å². The van der Waals surface area contributed by atoms with Crippen molar-refractivity contribution in [3.63, 3.8) is 0 Å². The van der Waals surface area contributed by atoms with E-state index < -0.39 is 0 Å². The first-order chi connectivity index (χ1) is 16.5. The molecule has 1 amide bonds. The topological polar surface area (TPSA) is 92.2 Å². The molecule has 0 unspecified atom stereocenters. The minimum absolute atomic E-state index is 0.120. The summed E-state index contributed by atoms with van der Waals surface area (Å²) in [6, 6.07) is 5.30. The maximum atomic E-state index is 13.4. The van der Waals surface area contributed by atoms with Gasteiger partial charge >= 0.3 is 0 Å². The fourth-order valence-electron chi connectivity index (χ4n) is 4.39. The number of nitrogens with zero attached hydrogens (tertiary/aromatic N) is 3. The van der Waals surface area contributed by atoms with Gasteiger partial charge in [-0.15, -0.1) is 0 Å². The van der Waals surface area contributed by atoms with Crippen LogP contribution in [0.4, 0.5) is 0 Å². The molecule has 0 saturated heterocycles. The number of hydrogen-bond donors (Lipinski definition) is 2. The van der Waals surface area contributed by atoms with Crippen LogP contribution in [-0.4, -0.2) is 26.4 Å². The molecule has 0 atom stereocenters. The molecule has 0 aliphatic rings. The molecule has 0 fully saturated rings. The zero-order chi connectivity index (χ0) is 24.5. The lowest BCUT2D eigenvalue weighted by Gasteiger charge is -2.15. The molecule has 0 aliphatic carbocycles. The highest BCUT2D eigenvalue weighted by atomic mass is 16.1. The number of pyridine rings is 2. The summed E-state index contributed by atoms with van der Waals surface area (Å²) in [7, 11) is 0. The molecule has 7 nitrogen and oxygen atoms in total. The van der Waals surface area contributed by atoms with E-state index in [1.807, 2.05) is 19.1 Å². The number of fused-ring (bicyclic) bond motifs is 2. The highest BCUT2D eigenvalue weighted by Gasteiger charge is 2.17. The van der Waals surface area contributed by atoms with Gasteiger partial charge in [0.25, 0.3) is 11.5 Å². The number of carbonyl (C=O) groups excluding carboxylic acids is 1. The molecule has 184 valence electrons. The molecule has 7 heteroatoms. The van der Waals surface area contributed by atoms with Gasteiger partial charge in [-0.3, -0.25) is 19.4 Å². The van der Waals surface area contributed by atoms with Crippen molar-refractivity contribution in [2.75, 3.05) is 6.54 Å². The second-order valence-electron chi connectivity index (χ2n) is 9.18. The smallest absolute Gasteiger partial charge is 0.267 e. The largest absolute Gasteiger partial charge is 0.352 e. The van der Waals surface area contributed by atoms with Crippen molar-refractivity contribution in [3.8, 4) is 0 Å². The van der Waals surface area contributed by atoms with Crippen LogP contribution in [0.1, 0.15) is 94.0 Å². The highest BCUT2D eigenvalue weighted by Crippen LogP contribution is 2.14. The van der Waals surface area contributed by atoms with E-state index in [1.165, 1.54) is 30.1 Å². The molecule has 3 aromatic rings. The van der Waals surface area contributed by atoms with Crippen LogP contribution >= 0.6 is 0 Å². The van der Waals surface area contributed by atoms with Crippen molar-refractivity contribution in [1.29, 1.82) is 5.41 Å². The van der Waals surface area contributed by atoms with E-state index in [0.717, 1.165) is 44.1 Å². The summed E-state index contributed by atoms with van der Waals surface area (Å²) in [4.78, 5) is 31.2. The Morgan fingerprint density at radius 2 is 1.68 bits per heavy atom. The molecular weight excluding hydrogens is 426 g/mol. The number of nitrogens with one attached hydrogen (secondary N) is 2. The number of aromatic nitrogens is 3. The van der Waals surface area contributed by atoms with Gasteiger partial charge in [-0.2, -0.15) is 0 Å². The van der Waals surface area contributed by atoms with E-state index in [9.17, 15) is 9.59 Å². The molecule has 3 aromatic heterocycles. The highest BCUT2D eigenvalue weighted by molar-refractivity contribution is 5.96. The summed E-state index contributed by atoms with van der Waals surface area (Å²) in [6.07, 6.45) is 12.7. The van der Waals surface area contributed by atoms with Crippen LogP contribution in [0.3, 0.4) is 0 Å². The number of aryl methyl sites for hydroxylation is 2. The van der Waals surface area contributed by atoms with Gasteiger partial charge in [0.1, 0.15) is 16.8 Å². The lowest BCUT2D eigenvalue weighted by Crippen LogP contribution is -2.35. The lowest BCUT2D eigenvalue weighted by atomic mass is 10.1. The molecule has 0 aliphatic heterocycles. The minimum Gasteiger partial charge on any atom is -0.352 e. The summed E-state index contributed by atoms with van der Waals surface area (Å²) >= 11 is 0. The van der Waals surface area contributed by atoms with Gasteiger partial charge in [0.15, 0.2) is 0 Å². The maximum absolute atomic E-state index is 13.4. The summed E-state index contributed by atoms with van der Waals surface area (Å²) < 4.78 is 3.28. The summed E-state index contributed by atoms with van der Waals surface area (Å²) in [5.74, 6) is -0.295. The Morgan fingerprint density at radius 1 is 1.00 bits per heavy atom. The third-order valence-corrected chi connectivity index (χ3v) is 6.43. The number of rotatable bonds is 13. The van der Waals surface area contributed by atoms with E-state index in [-0.39, 0.29) is 22.5 Å². The monoisotopic (exact) mass is 465 g/mol. The molecule has 0 saturated carbocycles. The minimum atomic E-state index is -0.295. The van der Waals surface area contributed by atoms with E-state index in [1.54, 1.807) is 16.8 Å². The Morgan fingerprint density at radius 3 is 2.41 bits per heavy atom. The summed E-state index contributed by atoms with van der Waals surface area (Å²) in [5, 5.41) is 12.2. The van der Waals surface area contributed by atoms with Crippen LogP contribution in [0.25, 0.3) is 16.7 Å². The molecule has 0 aromatic carbocycles. The fourth-order valence-corrected chi connectivity index (χ4v) is 4.39. The van der Waals surface area contributed by atoms with Gasteiger partial charge in [-0.05, 0) is 37.5 Å². The molecule has 3 rings (SSSR count). The van der Waals surface area contributed by atoms with Crippen molar-refractivity contribution in [3.05, 3.63) is 51.4 Å². The van der Waals surface area contributed by atoms with Crippen molar-refractivity contribution >= 4 is 22.6 Å². The van der Waals surface area contributed by atoms with E-state index in [0.29, 0.717) is 29.8 Å². The second-order valence-corrected chi connectivity index (χ2v) is 9.18. The molecule has 34 heavy (non-hydrogen) atoms. The third kappa shape index (κ3) is 5.93. The van der Waals surface area contributed by atoms with Crippen molar-refractivity contribution in [1.82, 2.24) is 19.3 Å². The molecule has 0 bridgehead atoms. The SMILES string of the molecule is CCCCCCCCNC(=O)c1cc2c(=O)n3cccc(C)c3nc2n(CCCCCC)c1=N. The summed E-state index contributed by atoms with van der Waals surface area (Å²) in [5.41, 5.74) is 2.10. The summed E-state index contributed by atoms with van der Waals surface area (Å²) in [6.45, 7) is 7.41. The van der Waals surface area contributed by atoms with Crippen LogP contribution in [-0.2, 0) is 6.54 Å². The Bertz CT molecular complexity index is 1240. The Labute approximate surface area is 201 Å². The normalized spacial score (nSPS) is 11.4. The van der Waals surface area contributed by atoms with Crippen LogP contribution in [0.15, 0.2) is 29.2 Å². The molecule has 0 radical (unpaired) electrons. The van der Waals surface area contributed by atoms with Crippen LogP contribution in [0.5, 0.6) is 0 Å². The van der Waals surface area contributed by atoms with Gasteiger partial charge < -0.3 is 9.88 Å². The van der Waals surface area contributed by atoms with Gasteiger partial charge in [-0.25, -0.2) is 4.98 Å². The molecule has 3 heterocycles. The maximum Gasteiger partial charge on any atom is 0.267 e. The van der Waals surface area contributed by atoms with E-state index >= 15 is 0 Å². The first kappa shape index (κ1) is 25.7. The predicted octanol–water partition coefficient (Wildman–Crippen LogP) is 5.11. The van der Waals surface area contributed by atoms with Gasteiger partial charge in [-0.1, -0.05) is 71.3 Å². The van der Waals surface area contributed by atoms with E-state index in [2.05, 4.69) is 19.2 Å². The first-order valence-corrected chi connectivity index (χ1v) is 12.9. The van der Waals surface area contributed by atoms with Crippen LogP contribution in [0, 0.1) is 12.3 Å². The Hall–Kier alpha value is -2.96. The molecule has 0 spiro atoms. The Kier molecular flexibility index (Phi) is 9.42. The lowest BCUT2D eigenvalue weighted by molar-refractivity contribution is 0.0950. The number of carbonyl (C=O) groups is 1. The van der Waals surface area contributed by atoms with Gasteiger partial charge in [0, 0.05) is 19.3 Å². The predicted molar refractivity (Wildman–Crippen MR) is 137 cm³/mol. The molecule has 2 N–H and O–H groups in total. The number of unbranched alkanes of at least 4 members (excludes halogenated alkanes) is 8. The van der Waals surface area contributed by atoms with Crippen molar-refractivity contribution in [2.24, 2.45) is 0 Å². The van der Waals surface area contributed by atoms with Crippen molar-refractivity contribution < 1.29 is 4.79 Å². The number of hydrogen-bond acceptors (Lipinski definition) is 4. The number of amides is 1. The van der Waals surface area contributed by atoms with Gasteiger partial charge in [0.05, 0.1) is 10.9 Å². The van der Waals surface area contributed by atoms with Gasteiger partial charge in [0.2, 0.25) is 0 Å². The first-order valence-electron chi connectivity index (χ1n) is 12.9. The fraction of sp³-hybridized carbons (Fsp3) is 0.556. The van der Waals surface area contributed by atoms with Crippen molar-refractivity contribution in [2.45, 2.75) is 91.5 Å². The standard InChI is InChI=1S/C27H39N5O2/c1-4-6-8-10-11-12-16-29-26(33)21-19-22-25(31(23(21)28)17-13-9-7-5-2)30-24-20(3)15-14-18-32(24)27(22)34/h14-15,18-19,28H,4-13,16-17H2,1-3H3,(H,29,33).